The lowest BCUT2D eigenvalue weighted by molar-refractivity contribution is -0.0131. The second-order valence-corrected chi connectivity index (χ2v) is 11.6. The Kier molecular flexibility index (Phi) is 7.66. The summed E-state index contributed by atoms with van der Waals surface area (Å²) in [7, 11) is 0. The van der Waals surface area contributed by atoms with Crippen molar-refractivity contribution in [2.24, 2.45) is 11.7 Å². The van der Waals surface area contributed by atoms with Crippen molar-refractivity contribution in [3.8, 4) is 29.1 Å². The minimum Gasteiger partial charge on any atom is -0.490 e. The van der Waals surface area contributed by atoms with E-state index >= 15 is 0 Å². The Morgan fingerprint density at radius 1 is 0.951 bits per heavy atom. The van der Waals surface area contributed by atoms with Crippen molar-refractivity contribution in [3.63, 3.8) is 0 Å². The summed E-state index contributed by atoms with van der Waals surface area (Å²) in [6.45, 7) is 9.87. The van der Waals surface area contributed by atoms with E-state index in [1.54, 1.807) is 19.2 Å². The molecule has 41 heavy (non-hydrogen) atoms. The number of aromatic nitrogens is 4. The van der Waals surface area contributed by atoms with Crippen molar-refractivity contribution in [1.29, 1.82) is 0 Å². The molecule has 2 N–H and O–H groups in total. The van der Waals surface area contributed by atoms with Crippen LogP contribution in [0.5, 0.6) is 17.5 Å². The van der Waals surface area contributed by atoms with Crippen LogP contribution in [0, 0.1) is 12.8 Å². The number of ether oxygens (including phenoxy) is 3. The number of hydrogen-bond acceptors (Lipinski definition) is 9. The molecule has 214 valence electrons. The minimum atomic E-state index is -0.734. The smallest absolute Gasteiger partial charge is 0.405 e. The molecule has 2 aromatic heterocycles. The third-order valence-corrected chi connectivity index (χ3v) is 7.39. The Morgan fingerprint density at radius 3 is 2.17 bits per heavy atom. The van der Waals surface area contributed by atoms with Gasteiger partial charge in [-0.15, -0.1) is 10.2 Å². The van der Waals surface area contributed by atoms with Crippen molar-refractivity contribution >= 4 is 6.09 Å². The number of hydrogen-bond donors (Lipinski definition) is 1. The van der Waals surface area contributed by atoms with E-state index in [2.05, 4.69) is 46.1 Å². The highest BCUT2D eigenvalue weighted by molar-refractivity contribution is 5.65. The molecule has 0 saturated heterocycles. The second kappa shape index (κ2) is 11.2. The van der Waals surface area contributed by atoms with Gasteiger partial charge in [-0.1, -0.05) is 38.1 Å². The number of primary amides is 1. The highest BCUT2D eigenvalue weighted by Crippen LogP contribution is 2.39. The standard InChI is InChI=1S/C31H35N5O5/c1-19-35-36-27(38-19)26-14-15-33-29(34-26)40-24-12-8-22(9-13-24)31(4,5)21-6-10-23(11-7-21)39-25-16-20(17-25)18-30(2,3)41-28(32)37/h6-15,20,25H,16-18H2,1-5H3,(H2,32,37). The molecule has 4 aromatic rings. The second-order valence-electron chi connectivity index (χ2n) is 11.6. The van der Waals surface area contributed by atoms with Crippen LogP contribution in [0.15, 0.2) is 65.2 Å². The first-order chi connectivity index (χ1) is 19.5. The van der Waals surface area contributed by atoms with Gasteiger partial charge in [0.15, 0.2) is 0 Å². The number of carbonyl (C=O) groups is 1. The van der Waals surface area contributed by atoms with E-state index in [4.69, 9.17) is 24.4 Å². The maximum Gasteiger partial charge on any atom is 0.405 e. The van der Waals surface area contributed by atoms with E-state index in [0.717, 1.165) is 30.6 Å². The lowest BCUT2D eigenvalue weighted by Gasteiger charge is -2.39. The molecule has 1 amide bonds. The van der Waals surface area contributed by atoms with Crippen LogP contribution in [0.1, 0.15) is 64.0 Å². The number of nitrogens with two attached hydrogens (primary N) is 1. The van der Waals surface area contributed by atoms with Gasteiger partial charge in [-0.25, -0.2) is 9.78 Å². The monoisotopic (exact) mass is 557 g/mol. The number of rotatable bonds is 10. The predicted molar refractivity (Wildman–Crippen MR) is 152 cm³/mol. The van der Waals surface area contributed by atoms with Crippen LogP contribution >= 0.6 is 0 Å². The minimum absolute atomic E-state index is 0.164. The Hall–Kier alpha value is -4.47. The van der Waals surface area contributed by atoms with Gasteiger partial charge in [0.25, 0.3) is 5.89 Å². The molecule has 1 aliphatic rings. The molecule has 0 spiro atoms. The zero-order valence-electron chi connectivity index (χ0n) is 24.0. The molecular weight excluding hydrogens is 522 g/mol. The number of amides is 1. The van der Waals surface area contributed by atoms with Crippen LogP contribution in [0.4, 0.5) is 4.79 Å². The van der Waals surface area contributed by atoms with Crippen LogP contribution in [0.25, 0.3) is 11.6 Å². The molecular formula is C31H35N5O5. The molecule has 5 rings (SSSR count). The number of aryl methyl sites for hydroxylation is 1. The molecule has 0 atom stereocenters. The fourth-order valence-corrected chi connectivity index (χ4v) is 5.21. The third kappa shape index (κ3) is 6.82. The first-order valence-electron chi connectivity index (χ1n) is 13.6. The summed E-state index contributed by atoms with van der Waals surface area (Å²) in [6, 6.07) is 18.1. The van der Waals surface area contributed by atoms with E-state index in [-0.39, 0.29) is 17.5 Å². The first-order valence-corrected chi connectivity index (χ1v) is 13.6. The number of benzene rings is 2. The van der Waals surface area contributed by atoms with Crippen LogP contribution in [0.2, 0.25) is 0 Å². The van der Waals surface area contributed by atoms with Crippen LogP contribution in [-0.4, -0.2) is 38.0 Å². The molecule has 0 aliphatic heterocycles. The molecule has 1 saturated carbocycles. The van der Waals surface area contributed by atoms with Crippen LogP contribution < -0.4 is 15.2 Å². The first kappa shape index (κ1) is 28.1. The summed E-state index contributed by atoms with van der Waals surface area (Å²) in [6.07, 6.45) is 3.65. The van der Waals surface area contributed by atoms with E-state index in [1.165, 1.54) is 5.56 Å². The van der Waals surface area contributed by atoms with Crippen LogP contribution in [-0.2, 0) is 10.2 Å². The van der Waals surface area contributed by atoms with Gasteiger partial charge in [-0.2, -0.15) is 4.98 Å². The van der Waals surface area contributed by atoms with E-state index in [1.807, 2.05) is 50.2 Å². The van der Waals surface area contributed by atoms with Crippen molar-refractivity contribution in [3.05, 3.63) is 77.8 Å². The van der Waals surface area contributed by atoms with E-state index < -0.39 is 11.7 Å². The topological polar surface area (TPSA) is 135 Å². The summed E-state index contributed by atoms with van der Waals surface area (Å²) in [5.74, 6) is 2.70. The average molecular weight is 558 g/mol. The molecule has 0 radical (unpaired) electrons. The summed E-state index contributed by atoms with van der Waals surface area (Å²) in [5.41, 5.74) is 7.18. The highest BCUT2D eigenvalue weighted by atomic mass is 16.6. The molecule has 10 heteroatoms. The summed E-state index contributed by atoms with van der Waals surface area (Å²) < 4.78 is 22.7. The lowest BCUT2D eigenvalue weighted by Crippen LogP contribution is -2.40. The third-order valence-electron chi connectivity index (χ3n) is 7.39. The molecule has 1 fully saturated rings. The molecule has 10 nitrogen and oxygen atoms in total. The largest absolute Gasteiger partial charge is 0.490 e. The fraction of sp³-hybridized carbons (Fsp3) is 0.387. The van der Waals surface area contributed by atoms with E-state index in [0.29, 0.717) is 29.1 Å². The van der Waals surface area contributed by atoms with E-state index in [9.17, 15) is 4.79 Å². The van der Waals surface area contributed by atoms with Crippen molar-refractivity contribution in [2.45, 2.75) is 71.0 Å². The Balaban J connectivity index is 1.16. The van der Waals surface area contributed by atoms with Gasteiger partial charge in [0.2, 0.25) is 5.89 Å². The van der Waals surface area contributed by atoms with Crippen molar-refractivity contribution in [2.75, 3.05) is 0 Å². The van der Waals surface area contributed by atoms with Gasteiger partial charge in [-0.3, -0.25) is 0 Å². The van der Waals surface area contributed by atoms with Crippen LogP contribution in [0.3, 0.4) is 0 Å². The molecule has 1 aliphatic carbocycles. The molecule has 0 unspecified atom stereocenters. The SMILES string of the molecule is Cc1nnc(-c2ccnc(Oc3ccc(C(C)(C)c4ccc(OC5CC(CC(C)(C)OC(N)=O)C5)cc4)cc3)n2)o1. The Morgan fingerprint density at radius 2 is 1.59 bits per heavy atom. The zero-order valence-corrected chi connectivity index (χ0v) is 24.0. The predicted octanol–water partition coefficient (Wildman–Crippen LogP) is 6.37. The molecule has 0 bridgehead atoms. The van der Waals surface area contributed by atoms with Crippen molar-refractivity contribution in [1.82, 2.24) is 20.2 Å². The number of carbonyl (C=O) groups excluding carboxylic acids is 1. The van der Waals surface area contributed by atoms with Gasteiger partial charge in [0, 0.05) is 18.5 Å². The van der Waals surface area contributed by atoms with Gasteiger partial charge >= 0.3 is 12.1 Å². The lowest BCUT2D eigenvalue weighted by atomic mass is 9.76. The average Bonchev–Trinajstić information content (AvgIpc) is 3.34. The maximum absolute atomic E-state index is 11.1. The maximum atomic E-state index is 11.1. The summed E-state index contributed by atoms with van der Waals surface area (Å²) in [5, 5.41) is 7.83. The van der Waals surface area contributed by atoms with Gasteiger partial charge in [-0.05, 0) is 80.5 Å². The van der Waals surface area contributed by atoms with Gasteiger partial charge < -0.3 is 24.4 Å². The Labute approximate surface area is 239 Å². The van der Waals surface area contributed by atoms with Crippen molar-refractivity contribution < 1.29 is 23.4 Å². The quantitative estimate of drug-likeness (QED) is 0.236. The fourth-order valence-electron chi connectivity index (χ4n) is 5.21. The van der Waals surface area contributed by atoms with Gasteiger partial charge in [0.05, 0.1) is 6.10 Å². The van der Waals surface area contributed by atoms with Gasteiger partial charge in [0.1, 0.15) is 22.8 Å². The highest BCUT2D eigenvalue weighted by Gasteiger charge is 2.36. The number of nitrogens with zero attached hydrogens (tertiary/aromatic N) is 4. The summed E-state index contributed by atoms with van der Waals surface area (Å²) >= 11 is 0. The normalized spacial score (nSPS) is 17.0. The zero-order chi connectivity index (χ0) is 29.2. The summed E-state index contributed by atoms with van der Waals surface area (Å²) in [4.78, 5) is 19.7. The molecule has 2 aromatic carbocycles. The molecule has 2 heterocycles. The Bertz CT molecular complexity index is 1490.